The summed E-state index contributed by atoms with van der Waals surface area (Å²) in [5, 5.41) is 3.00. The Hall–Kier alpha value is -1.70. The second-order valence-electron chi connectivity index (χ2n) is 6.46. The van der Waals surface area contributed by atoms with Gasteiger partial charge in [0.2, 0.25) is 11.7 Å². The van der Waals surface area contributed by atoms with Gasteiger partial charge in [-0.2, -0.15) is 0 Å². The number of hydrogen-bond donors (Lipinski definition) is 2. The van der Waals surface area contributed by atoms with Crippen molar-refractivity contribution >= 4 is 18.3 Å². The summed E-state index contributed by atoms with van der Waals surface area (Å²) >= 11 is 0. The molecule has 2 rings (SSSR count). The molecule has 1 atom stereocenters. The number of rotatable bonds is 9. The van der Waals surface area contributed by atoms with Gasteiger partial charge in [-0.05, 0) is 25.5 Å². The van der Waals surface area contributed by atoms with Gasteiger partial charge in [0.15, 0.2) is 11.5 Å². The van der Waals surface area contributed by atoms with Gasteiger partial charge < -0.3 is 25.3 Å². The molecule has 8 heteroatoms. The minimum Gasteiger partial charge on any atom is -0.493 e. The summed E-state index contributed by atoms with van der Waals surface area (Å²) in [6, 6.07) is 4.22. The zero-order chi connectivity index (χ0) is 18.9. The number of methoxy groups -OCH3 is 3. The van der Waals surface area contributed by atoms with Crippen LogP contribution >= 0.6 is 12.4 Å². The van der Waals surface area contributed by atoms with Gasteiger partial charge in [-0.25, -0.2) is 0 Å². The maximum Gasteiger partial charge on any atom is 0.221 e. The molecule has 27 heavy (non-hydrogen) atoms. The monoisotopic (exact) mass is 401 g/mol. The van der Waals surface area contributed by atoms with E-state index in [0.29, 0.717) is 42.8 Å². The van der Waals surface area contributed by atoms with Crippen LogP contribution in [0.3, 0.4) is 0 Å². The molecule has 0 aliphatic carbocycles. The quantitative estimate of drug-likeness (QED) is 0.657. The van der Waals surface area contributed by atoms with Crippen molar-refractivity contribution in [1.82, 2.24) is 10.2 Å². The SMILES string of the molecule is COc1ccc(CN2CCCCC2CNC(=O)CCN)c(OC)c1OC.Cl. The Balaban J connectivity index is 0.00000364. The lowest BCUT2D eigenvalue weighted by molar-refractivity contribution is -0.121. The molecule has 1 aromatic rings. The molecule has 7 nitrogen and oxygen atoms in total. The Labute approximate surface area is 167 Å². The van der Waals surface area contributed by atoms with Gasteiger partial charge in [-0.15, -0.1) is 12.4 Å². The predicted molar refractivity (Wildman–Crippen MR) is 108 cm³/mol. The molecule has 1 saturated heterocycles. The molecule has 0 aromatic heterocycles. The Morgan fingerprint density at radius 2 is 1.93 bits per heavy atom. The Kier molecular flexibility index (Phi) is 10.3. The number of benzene rings is 1. The molecule has 3 N–H and O–H groups in total. The van der Waals surface area contributed by atoms with Crippen LogP contribution in [-0.2, 0) is 11.3 Å². The molecular weight excluding hydrogens is 370 g/mol. The minimum atomic E-state index is 0. The summed E-state index contributed by atoms with van der Waals surface area (Å²) in [7, 11) is 4.87. The summed E-state index contributed by atoms with van der Waals surface area (Å²) in [6.45, 7) is 2.76. The van der Waals surface area contributed by atoms with E-state index in [1.165, 1.54) is 6.42 Å². The number of piperidine rings is 1. The van der Waals surface area contributed by atoms with Crippen LogP contribution in [0.5, 0.6) is 17.2 Å². The number of nitrogens with two attached hydrogens (primary N) is 1. The molecule has 1 aliphatic heterocycles. The normalized spacial score (nSPS) is 17.0. The number of hydrogen-bond acceptors (Lipinski definition) is 6. The van der Waals surface area contributed by atoms with Crippen molar-refractivity contribution in [3.63, 3.8) is 0 Å². The Morgan fingerprint density at radius 3 is 2.56 bits per heavy atom. The van der Waals surface area contributed by atoms with Gasteiger partial charge in [-0.3, -0.25) is 9.69 Å². The largest absolute Gasteiger partial charge is 0.493 e. The minimum absolute atomic E-state index is 0. The van der Waals surface area contributed by atoms with Crippen molar-refractivity contribution in [3.05, 3.63) is 17.7 Å². The number of nitrogens with zero attached hydrogens (tertiary/aromatic N) is 1. The molecule has 0 saturated carbocycles. The molecule has 1 fully saturated rings. The lowest BCUT2D eigenvalue weighted by atomic mass is 10.0. The maximum absolute atomic E-state index is 11.7. The van der Waals surface area contributed by atoms with Gasteiger partial charge in [0.25, 0.3) is 0 Å². The summed E-state index contributed by atoms with van der Waals surface area (Å²) in [5.74, 6) is 1.97. The molecule has 0 spiro atoms. The van der Waals surface area contributed by atoms with Crippen LogP contribution in [0.4, 0.5) is 0 Å². The van der Waals surface area contributed by atoms with Crippen molar-refractivity contribution in [1.29, 1.82) is 0 Å². The van der Waals surface area contributed by atoms with Crippen LogP contribution < -0.4 is 25.3 Å². The predicted octanol–water partition coefficient (Wildman–Crippen LogP) is 1.95. The molecule has 154 valence electrons. The third-order valence-corrected chi connectivity index (χ3v) is 4.81. The van der Waals surface area contributed by atoms with Gasteiger partial charge in [0.05, 0.1) is 21.3 Å². The second-order valence-corrected chi connectivity index (χ2v) is 6.46. The van der Waals surface area contributed by atoms with Crippen LogP contribution in [0.25, 0.3) is 0 Å². The van der Waals surface area contributed by atoms with E-state index < -0.39 is 0 Å². The molecule has 1 amide bonds. The first-order chi connectivity index (χ1) is 12.6. The highest BCUT2D eigenvalue weighted by Gasteiger charge is 2.25. The number of carbonyl (C=O) groups is 1. The van der Waals surface area contributed by atoms with E-state index in [9.17, 15) is 4.79 Å². The average molecular weight is 402 g/mol. The molecule has 0 radical (unpaired) electrons. The fourth-order valence-corrected chi connectivity index (χ4v) is 3.46. The third-order valence-electron chi connectivity index (χ3n) is 4.81. The molecule has 1 aromatic carbocycles. The van der Waals surface area contributed by atoms with E-state index >= 15 is 0 Å². The van der Waals surface area contributed by atoms with Crippen LogP contribution in [-0.4, -0.2) is 57.8 Å². The van der Waals surface area contributed by atoms with Crippen molar-refractivity contribution < 1.29 is 19.0 Å². The van der Waals surface area contributed by atoms with Gasteiger partial charge >= 0.3 is 0 Å². The van der Waals surface area contributed by atoms with E-state index in [2.05, 4.69) is 10.2 Å². The maximum atomic E-state index is 11.7. The zero-order valence-corrected chi connectivity index (χ0v) is 17.3. The van der Waals surface area contributed by atoms with Gasteiger partial charge in [0.1, 0.15) is 0 Å². The highest BCUT2D eigenvalue weighted by molar-refractivity contribution is 5.85. The second kappa shape index (κ2) is 11.9. The number of ether oxygens (including phenoxy) is 3. The lowest BCUT2D eigenvalue weighted by Gasteiger charge is -2.36. The van der Waals surface area contributed by atoms with E-state index in [1.807, 2.05) is 12.1 Å². The molecule has 0 bridgehead atoms. The van der Waals surface area contributed by atoms with E-state index in [-0.39, 0.29) is 18.3 Å². The topological polar surface area (TPSA) is 86.1 Å². The first-order valence-corrected chi connectivity index (χ1v) is 9.13. The highest BCUT2D eigenvalue weighted by Crippen LogP contribution is 2.40. The van der Waals surface area contributed by atoms with Crippen LogP contribution in [0.15, 0.2) is 12.1 Å². The van der Waals surface area contributed by atoms with Gasteiger partial charge in [0, 0.05) is 37.7 Å². The number of halogens is 1. The Bertz CT molecular complexity index is 601. The molecule has 1 aliphatic rings. The van der Waals surface area contributed by atoms with Crippen LogP contribution in [0.2, 0.25) is 0 Å². The first kappa shape index (κ1) is 23.3. The molecular formula is C19H32ClN3O4. The lowest BCUT2D eigenvalue weighted by Crippen LogP contribution is -2.46. The third kappa shape index (κ3) is 6.16. The summed E-state index contributed by atoms with van der Waals surface area (Å²) in [5.41, 5.74) is 6.49. The van der Waals surface area contributed by atoms with Crippen molar-refractivity contribution in [2.24, 2.45) is 5.73 Å². The first-order valence-electron chi connectivity index (χ1n) is 9.13. The van der Waals surface area contributed by atoms with Crippen molar-refractivity contribution in [2.45, 2.75) is 38.3 Å². The highest BCUT2D eigenvalue weighted by atomic mass is 35.5. The van der Waals surface area contributed by atoms with E-state index in [1.54, 1.807) is 21.3 Å². The Morgan fingerprint density at radius 1 is 1.19 bits per heavy atom. The van der Waals surface area contributed by atoms with E-state index in [4.69, 9.17) is 19.9 Å². The molecule has 1 unspecified atom stereocenters. The van der Waals surface area contributed by atoms with Crippen LogP contribution in [0.1, 0.15) is 31.2 Å². The summed E-state index contributed by atoms with van der Waals surface area (Å²) in [6.07, 6.45) is 3.77. The van der Waals surface area contributed by atoms with E-state index in [0.717, 1.165) is 31.5 Å². The smallest absolute Gasteiger partial charge is 0.221 e. The fourth-order valence-electron chi connectivity index (χ4n) is 3.46. The average Bonchev–Trinajstić information content (AvgIpc) is 2.67. The van der Waals surface area contributed by atoms with Crippen molar-refractivity contribution in [2.75, 3.05) is 41.0 Å². The number of nitrogens with one attached hydrogen (secondary N) is 1. The van der Waals surface area contributed by atoms with Crippen LogP contribution in [0, 0.1) is 0 Å². The molecule has 1 heterocycles. The summed E-state index contributed by atoms with van der Waals surface area (Å²) in [4.78, 5) is 14.1. The fraction of sp³-hybridized carbons (Fsp3) is 0.632. The summed E-state index contributed by atoms with van der Waals surface area (Å²) < 4.78 is 16.4. The van der Waals surface area contributed by atoms with Gasteiger partial charge in [-0.1, -0.05) is 12.5 Å². The standard InChI is InChI=1S/C19H31N3O4.ClH/c1-24-16-8-7-14(18(25-2)19(16)26-3)13-22-11-5-4-6-15(22)12-21-17(23)9-10-20;/h7-8,15H,4-6,9-13,20H2,1-3H3,(H,21,23);1H. The number of amides is 1. The number of likely N-dealkylation sites (tertiary alicyclic amines) is 1. The number of carbonyl (C=O) groups excluding carboxylic acids is 1. The zero-order valence-electron chi connectivity index (χ0n) is 16.5. The van der Waals surface area contributed by atoms with Crippen molar-refractivity contribution in [3.8, 4) is 17.2 Å².